The summed E-state index contributed by atoms with van der Waals surface area (Å²) < 4.78 is 26.9. The van der Waals surface area contributed by atoms with Gasteiger partial charge in [0.15, 0.2) is 0 Å². The van der Waals surface area contributed by atoms with Gasteiger partial charge in [-0.25, -0.2) is 8.78 Å². The highest BCUT2D eigenvalue weighted by atomic mass is 19.1. The summed E-state index contributed by atoms with van der Waals surface area (Å²) in [5, 5.41) is 1.09. The predicted molar refractivity (Wildman–Crippen MR) is 83.8 cm³/mol. The van der Waals surface area contributed by atoms with E-state index in [4.69, 9.17) is 0 Å². The number of nitrogens with one attached hydrogen (secondary N) is 1. The lowest BCUT2D eigenvalue weighted by molar-refractivity contribution is 0.116. The molecule has 0 spiro atoms. The SMILES string of the molecule is CC.CC(C)(F)CN1CCc2c([nH]c3cc(F)ccc23)C1. The fourth-order valence-electron chi connectivity index (χ4n) is 2.94. The van der Waals surface area contributed by atoms with Gasteiger partial charge in [-0.2, -0.15) is 0 Å². The lowest BCUT2D eigenvalue weighted by Gasteiger charge is -2.30. The molecule has 21 heavy (non-hydrogen) atoms. The molecule has 4 heteroatoms. The molecule has 0 atom stereocenters. The first kappa shape index (κ1) is 16.0. The molecule has 1 aromatic heterocycles. The number of fused-ring (bicyclic) bond motifs is 3. The Morgan fingerprint density at radius 1 is 1.29 bits per heavy atom. The van der Waals surface area contributed by atoms with Crippen molar-refractivity contribution in [3.8, 4) is 0 Å². The lowest BCUT2D eigenvalue weighted by Crippen LogP contribution is -2.39. The zero-order valence-corrected chi connectivity index (χ0v) is 13.3. The fraction of sp³-hybridized carbons (Fsp3) is 0.529. The number of H-pyrrole nitrogens is 1. The van der Waals surface area contributed by atoms with Crippen LogP contribution >= 0.6 is 0 Å². The van der Waals surface area contributed by atoms with Gasteiger partial charge in [0.1, 0.15) is 11.5 Å². The van der Waals surface area contributed by atoms with Crippen LogP contribution in [0.5, 0.6) is 0 Å². The summed E-state index contributed by atoms with van der Waals surface area (Å²) in [6.45, 7) is 9.19. The molecule has 116 valence electrons. The average Bonchev–Trinajstić information content (AvgIpc) is 2.75. The van der Waals surface area contributed by atoms with E-state index in [1.807, 2.05) is 19.9 Å². The first-order valence-electron chi connectivity index (χ1n) is 7.63. The molecule has 1 aliphatic heterocycles. The van der Waals surface area contributed by atoms with Gasteiger partial charge in [-0.15, -0.1) is 0 Å². The van der Waals surface area contributed by atoms with Gasteiger partial charge in [-0.05, 0) is 44.0 Å². The monoisotopic (exact) mass is 294 g/mol. The van der Waals surface area contributed by atoms with E-state index in [0.29, 0.717) is 13.1 Å². The van der Waals surface area contributed by atoms with Crippen molar-refractivity contribution in [1.82, 2.24) is 9.88 Å². The van der Waals surface area contributed by atoms with Crippen LogP contribution in [0.15, 0.2) is 18.2 Å². The van der Waals surface area contributed by atoms with Crippen molar-refractivity contribution in [3.63, 3.8) is 0 Å². The minimum Gasteiger partial charge on any atom is -0.357 e. The molecule has 2 heterocycles. The number of hydrogen-bond donors (Lipinski definition) is 1. The summed E-state index contributed by atoms with van der Waals surface area (Å²) in [6, 6.07) is 4.85. The second-order valence-corrected chi connectivity index (χ2v) is 5.95. The van der Waals surface area contributed by atoms with Crippen LogP contribution in [0.1, 0.15) is 39.0 Å². The summed E-state index contributed by atoms with van der Waals surface area (Å²) in [6.07, 6.45) is 0.886. The molecule has 1 aromatic carbocycles. The third-order valence-electron chi connectivity index (χ3n) is 3.62. The van der Waals surface area contributed by atoms with Crippen molar-refractivity contribution in [1.29, 1.82) is 0 Å². The highest BCUT2D eigenvalue weighted by molar-refractivity contribution is 5.85. The summed E-state index contributed by atoms with van der Waals surface area (Å²) in [7, 11) is 0. The van der Waals surface area contributed by atoms with Crippen LogP contribution in [-0.2, 0) is 13.0 Å². The Morgan fingerprint density at radius 2 is 2.00 bits per heavy atom. The van der Waals surface area contributed by atoms with Crippen molar-refractivity contribution >= 4 is 10.9 Å². The fourth-order valence-corrected chi connectivity index (χ4v) is 2.94. The maximum Gasteiger partial charge on any atom is 0.125 e. The summed E-state index contributed by atoms with van der Waals surface area (Å²) >= 11 is 0. The first-order chi connectivity index (χ1) is 9.92. The molecule has 2 aromatic rings. The number of aromatic amines is 1. The minimum absolute atomic E-state index is 0.229. The van der Waals surface area contributed by atoms with Crippen LogP contribution in [0.25, 0.3) is 10.9 Å². The van der Waals surface area contributed by atoms with Gasteiger partial charge >= 0.3 is 0 Å². The van der Waals surface area contributed by atoms with Gasteiger partial charge in [-0.3, -0.25) is 4.90 Å². The number of hydrogen-bond acceptors (Lipinski definition) is 1. The molecule has 1 N–H and O–H groups in total. The Kier molecular flexibility index (Phi) is 4.67. The maximum absolute atomic E-state index is 13.7. The van der Waals surface area contributed by atoms with E-state index in [9.17, 15) is 8.78 Å². The van der Waals surface area contributed by atoms with E-state index < -0.39 is 5.67 Å². The van der Waals surface area contributed by atoms with Crippen LogP contribution in [0, 0.1) is 5.82 Å². The van der Waals surface area contributed by atoms with E-state index in [2.05, 4.69) is 9.88 Å². The second-order valence-electron chi connectivity index (χ2n) is 5.95. The first-order valence-corrected chi connectivity index (χ1v) is 7.63. The second kappa shape index (κ2) is 6.14. The number of nitrogens with zero attached hydrogens (tertiary/aromatic N) is 1. The van der Waals surface area contributed by atoms with Crippen molar-refractivity contribution in [2.24, 2.45) is 0 Å². The van der Waals surface area contributed by atoms with Crippen LogP contribution in [0.2, 0.25) is 0 Å². The molecule has 1 aliphatic rings. The van der Waals surface area contributed by atoms with E-state index >= 15 is 0 Å². The number of benzene rings is 1. The predicted octanol–water partition coefficient (Wildman–Crippen LogP) is 4.44. The number of aromatic nitrogens is 1. The normalized spacial score (nSPS) is 15.5. The van der Waals surface area contributed by atoms with Gasteiger partial charge in [0.2, 0.25) is 0 Å². The molecular formula is C17H24F2N2. The molecule has 0 fully saturated rings. The van der Waals surface area contributed by atoms with Crippen LogP contribution in [0.3, 0.4) is 0 Å². The van der Waals surface area contributed by atoms with Crippen LogP contribution in [-0.4, -0.2) is 28.6 Å². The van der Waals surface area contributed by atoms with E-state index in [1.54, 1.807) is 13.8 Å². The third-order valence-corrected chi connectivity index (χ3v) is 3.62. The third kappa shape index (κ3) is 3.62. The van der Waals surface area contributed by atoms with Crippen molar-refractivity contribution in [2.45, 2.75) is 46.3 Å². The Morgan fingerprint density at radius 3 is 2.67 bits per heavy atom. The molecule has 0 saturated carbocycles. The minimum atomic E-state index is -1.18. The zero-order chi connectivity index (χ0) is 15.6. The zero-order valence-electron chi connectivity index (χ0n) is 13.3. The topological polar surface area (TPSA) is 19.0 Å². The van der Waals surface area contributed by atoms with Gasteiger partial charge in [-0.1, -0.05) is 13.8 Å². The molecule has 0 amide bonds. The highest BCUT2D eigenvalue weighted by Crippen LogP contribution is 2.28. The maximum atomic E-state index is 13.7. The Bertz CT molecular complexity index is 611. The Balaban J connectivity index is 0.000000774. The van der Waals surface area contributed by atoms with E-state index in [-0.39, 0.29) is 5.82 Å². The van der Waals surface area contributed by atoms with Gasteiger partial charge in [0, 0.05) is 36.2 Å². The van der Waals surface area contributed by atoms with E-state index in [0.717, 1.165) is 29.6 Å². The molecular weight excluding hydrogens is 270 g/mol. The molecule has 0 unspecified atom stereocenters. The summed E-state index contributed by atoms with van der Waals surface area (Å²) in [4.78, 5) is 5.37. The number of halogens is 2. The Hall–Kier alpha value is -1.42. The standard InChI is InChI=1S/C15H18F2N2.C2H6/c1-15(2,17)9-19-6-5-12-11-4-3-10(16)7-13(11)18-14(12)8-19;1-2/h3-4,7,18H,5-6,8-9H2,1-2H3;1-2H3. The molecule has 0 bridgehead atoms. The van der Waals surface area contributed by atoms with Gasteiger partial charge < -0.3 is 4.98 Å². The van der Waals surface area contributed by atoms with Gasteiger partial charge in [0.25, 0.3) is 0 Å². The van der Waals surface area contributed by atoms with Crippen LogP contribution in [0.4, 0.5) is 8.78 Å². The van der Waals surface area contributed by atoms with Crippen molar-refractivity contribution < 1.29 is 8.78 Å². The van der Waals surface area contributed by atoms with E-state index in [1.165, 1.54) is 17.7 Å². The largest absolute Gasteiger partial charge is 0.357 e. The molecule has 0 saturated heterocycles. The highest BCUT2D eigenvalue weighted by Gasteiger charge is 2.25. The summed E-state index contributed by atoms with van der Waals surface area (Å²) in [5.74, 6) is -0.229. The smallest absolute Gasteiger partial charge is 0.125 e. The van der Waals surface area contributed by atoms with Crippen molar-refractivity contribution in [2.75, 3.05) is 13.1 Å². The molecule has 0 aliphatic carbocycles. The Labute approximate surface area is 125 Å². The number of alkyl halides is 1. The molecule has 3 rings (SSSR count). The average molecular weight is 294 g/mol. The molecule has 0 radical (unpaired) electrons. The quantitative estimate of drug-likeness (QED) is 0.867. The summed E-state index contributed by atoms with van der Waals surface area (Å²) in [5.41, 5.74) is 2.00. The van der Waals surface area contributed by atoms with Crippen molar-refractivity contribution in [3.05, 3.63) is 35.3 Å². The van der Waals surface area contributed by atoms with Gasteiger partial charge in [0.05, 0.1) is 0 Å². The number of rotatable bonds is 2. The van der Waals surface area contributed by atoms with Crippen LogP contribution < -0.4 is 0 Å². The molecule has 2 nitrogen and oxygen atoms in total. The lowest BCUT2D eigenvalue weighted by atomic mass is 10.0.